The van der Waals surface area contributed by atoms with Crippen molar-refractivity contribution in [2.24, 2.45) is 0 Å². The highest BCUT2D eigenvalue weighted by molar-refractivity contribution is 5.98. The number of likely N-dealkylation sites (N-methyl/N-ethyl adjacent to an activating group) is 1. The molecule has 0 bridgehead atoms. The number of benzene rings is 2. The van der Waals surface area contributed by atoms with Crippen molar-refractivity contribution in [2.75, 3.05) is 40.3 Å². The number of piperazine rings is 1. The van der Waals surface area contributed by atoms with E-state index in [-0.39, 0.29) is 5.91 Å². The quantitative estimate of drug-likeness (QED) is 0.874. The fourth-order valence-electron chi connectivity index (χ4n) is 2.87. The minimum Gasteiger partial charge on any atom is -0.496 e. The van der Waals surface area contributed by atoms with E-state index >= 15 is 0 Å². The molecule has 0 atom stereocenters. The first-order valence-electron chi connectivity index (χ1n) is 7.90. The Bertz CT molecular complexity index is 677. The van der Waals surface area contributed by atoms with Gasteiger partial charge in [0.25, 0.3) is 5.91 Å². The van der Waals surface area contributed by atoms with Crippen LogP contribution in [-0.4, -0.2) is 56.0 Å². The lowest BCUT2D eigenvalue weighted by Gasteiger charge is -2.32. The molecular weight excluding hydrogens is 288 g/mol. The topological polar surface area (TPSA) is 32.8 Å². The van der Waals surface area contributed by atoms with E-state index in [0.717, 1.165) is 37.3 Å². The molecule has 120 valence electrons. The maximum absolute atomic E-state index is 12.9. The third kappa shape index (κ3) is 3.37. The fourth-order valence-corrected chi connectivity index (χ4v) is 2.87. The van der Waals surface area contributed by atoms with Gasteiger partial charge in [-0.1, -0.05) is 36.4 Å². The summed E-state index contributed by atoms with van der Waals surface area (Å²) in [6, 6.07) is 15.9. The molecule has 1 fully saturated rings. The van der Waals surface area contributed by atoms with E-state index in [1.165, 1.54) is 0 Å². The van der Waals surface area contributed by atoms with Gasteiger partial charge in [0.2, 0.25) is 0 Å². The number of hydrogen-bond donors (Lipinski definition) is 0. The van der Waals surface area contributed by atoms with Crippen LogP contribution < -0.4 is 4.74 Å². The minimum atomic E-state index is 0.0488. The second-order valence-electron chi connectivity index (χ2n) is 5.88. The Kier molecular flexibility index (Phi) is 4.63. The van der Waals surface area contributed by atoms with Crippen LogP contribution in [0.3, 0.4) is 0 Å². The van der Waals surface area contributed by atoms with Crippen molar-refractivity contribution < 1.29 is 9.53 Å². The second-order valence-corrected chi connectivity index (χ2v) is 5.88. The smallest absolute Gasteiger partial charge is 0.257 e. The van der Waals surface area contributed by atoms with Crippen LogP contribution in [0.15, 0.2) is 48.5 Å². The summed E-state index contributed by atoms with van der Waals surface area (Å²) in [5, 5.41) is 0. The van der Waals surface area contributed by atoms with Gasteiger partial charge in [0.1, 0.15) is 5.75 Å². The van der Waals surface area contributed by atoms with E-state index in [4.69, 9.17) is 4.74 Å². The lowest BCUT2D eigenvalue weighted by molar-refractivity contribution is 0.0661. The van der Waals surface area contributed by atoms with Crippen LogP contribution in [0.25, 0.3) is 11.1 Å². The lowest BCUT2D eigenvalue weighted by Crippen LogP contribution is -2.47. The van der Waals surface area contributed by atoms with Gasteiger partial charge in [0.05, 0.1) is 12.7 Å². The summed E-state index contributed by atoms with van der Waals surface area (Å²) in [6.45, 7) is 3.33. The fraction of sp³-hybridized carbons (Fsp3) is 0.316. The molecule has 0 N–H and O–H groups in total. The van der Waals surface area contributed by atoms with Crippen molar-refractivity contribution >= 4 is 5.91 Å². The summed E-state index contributed by atoms with van der Waals surface area (Å²) in [5.41, 5.74) is 2.77. The van der Waals surface area contributed by atoms with Gasteiger partial charge >= 0.3 is 0 Å². The van der Waals surface area contributed by atoms with Gasteiger partial charge in [-0.2, -0.15) is 0 Å². The minimum absolute atomic E-state index is 0.0488. The molecule has 1 heterocycles. The van der Waals surface area contributed by atoms with Gasteiger partial charge in [0, 0.05) is 26.2 Å². The highest BCUT2D eigenvalue weighted by Gasteiger charge is 2.23. The zero-order chi connectivity index (χ0) is 16.2. The molecule has 0 radical (unpaired) electrons. The monoisotopic (exact) mass is 310 g/mol. The van der Waals surface area contributed by atoms with Gasteiger partial charge in [0.15, 0.2) is 0 Å². The van der Waals surface area contributed by atoms with E-state index in [0.29, 0.717) is 11.3 Å². The first-order valence-corrected chi connectivity index (χ1v) is 7.90. The number of ether oxygens (including phenoxy) is 1. The normalized spacial score (nSPS) is 15.5. The molecule has 4 nitrogen and oxygen atoms in total. The number of carbonyl (C=O) groups is 1. The Hall–Kier alpha value is -2.33. The van der Waals surface area contributed by atoms with Crippen LogP contribution in [0.1, 0.15) is 10.4 Å². The Morgan fingerprint density at radius 3 is 2.30 bits per heavy atom. The SMILES string of the molecule is COc1ccc(-c2ccccc2)cc1C(=O)N1CCN(C)CC1. The molecule has 2 aromatic rings. The molecule has 2 aromatic carbocycles. The lowest BCUT2D eigenvalue weighted by atomic mass is 10.0. The standard InChI is InChI=1S/C19H22N2O2/c1-20-10-12-21(13-11-20)19(22)17-14-16(8-9-18(17)23-2)15-6-4-3-5-7-15/h3-9,14H,10-13H2,1-2H3. The van der Waals surface area contributed by atoms with E-state index in [1.807, 2.05) is 53.4 Å². The van der Waals surface area contributed by atoms with E-state index < -0.39 is 0 Å². The van der Waals surface area contributed by atoms with Crippen LogP contribution in [0, 0.1) is 0 Å². The number of nitrogens with zero attached hydrogens (tertiary/aromatic N) is 2. The second kappa shape index (κ2) is 6.84. The van der Waals surface area contributed by atoms with Gasteiger partial charge < -0.3 is 14.5 Å². The van der Waals surface area contributed by atoms with Crippen molar-refractivity contribution in [3.8, 4) is 16.9 Å². The molecule has 1 aliphatic rings. The van der Waals surface area contributed by atoms with Crippen molar-refractivity contribution in [2.45, 2.75) is 0 Å². The third-order valence-electron chi connectivity index (χ3n) is 4.33. The van der Waals surface area contributed by atoms with Gasteiger partial charge in [-0.05, 0) is 30.3 Å². The van der Waals surface area contributed by atoms with Gasteiger partial charge in [-0.15, -0.1) is 0 Å². The Labute approximate surface area is 137 Å². The summed E-state index contributed by atoms with van der Waals surface area (Å²) >= 11 is 0. The number of amides is 1. The molecule has 0 aliphatic carbocycles. The molecule has 4 heteroatoms. The predicted octanol–water partition coefficient (Wildman–Crippen LogP) is 2.75. The average Bonchev–Trinajstić information content (AvgIpc) is 2.62. The summed E-state index contributed by atoms with van der Waals surface area (Å²) in [4.78, 5) is 17.0. The van der Waals surface area contributed by atoms with Crippen LogP contribution in [0.5, 0.6) is 5.75 Å². The maximum Gasteiger partial charge on any atom is 0.257 e. The largest absolute Gasteiger partial charge is 0.496 e. The summed E-state index contributed by atoms with van der Waals surface area (Å²) in [5.74, 6) is 0.682. The van der Waals surface area contributed by atoms with E-state index in [1.54, 1.807) is 7.11 Å². The first kappa shape index (κ1) is 15.6. The molecule has 1 aliphatic heterocycles. The zero-order valence-electron chi connectivity index (χ0n) is 13.7. The summed E-state index contributed by atoms with van der Waals surface area (Å²) < 4.78 is 5.41. The Morgan fingerprint density at radius 1 is 0.957 bits per heavy atom. The van der Waals surface area contributed by atoms with Gasteiger partial charge in [-0.25, -0.2) is 0 Å². The maximum atomic E-state index is 12.9. The van der Waals surface area contributed by atoms with Crippen LogP contribution in [0.2, 0.25) is 0 Å². The number of hydrogen-bond acceptors (Lipinski definition) is 3. The van der Waals surface area contributed by atoms with Crippen molar-refractivity contribution in [3.05, 3.63) is 54.1 Å². The summed E-state index contributed by atoms with van der Waals surface area (Å²) in [7, 11) is 3.69. The highest BCUT2D eigenvalue weighted by atomic mass is 16.5. The third-order valence-corrected chi connectivity index (χ3v) is 4.33. The molecule has 0 unspecified atom stereocenters. The van der Waals surface area contributed by atoms with E-state index in [2.05, 4.69) is 11.9 Å². The molecule has 0 aromatic heterocycles. The average molecular weight is 310 g/mol. The Morgan fingerprint density at radius 2 is 1.65 bits per heavy atom. The summed E-state index contributed by atoms with van der Waals surface area (Å²) in [6.07, 6.45) is 0. The van der Waals surface area contributed by atoms with Crippen molar-refractivity contribution in [1.29, 1.82) is 0 Å². The van der Waals surface area contributed by atoms with Gasteiger partial charge in [-0.3, -0.25) is 4.79 Å². The molecule has 1 saturated heterocycles. The van der Waals surface area contributed by atoms with Crippen LogP contribution in [0.4, 0.5) is 0 Å². The first-order chi connectivity index (χ1) is 11.2. The number of methoxy groups -OCH3 is 1. The molecule has 23 heavy (non-hydrogen) atoms. The highest BCUT2D eigenvalue weighted by Crippen LogP contribution is 2.27. The van der Waals surface area contributed by atoms with Crippen LogP contribution in [-0.2, 0) is 0 Å². The van der Waals surface area contributed by atoms with E-state index in [9.17, 15) is 4.79 Å². The predicted molar refractivity (Wildman–Crippen MR) is 91.8 cm³/mol. The van der Waals surface area contributed by atoms with Crippen molar-refractivity contribution in [1.82, 2.24) is 9.80 Å². The van der Waals surface area contributed by atoms with Crippen LogP contribution >= 0.6 is 0 Å². The molecule has 3 rings (SSSR count). The molecule has 0 spiro atoms. The molecule has 0 saturated carbocycles. The number of rotatable bonds is 3. The Balaban J connectivity index is 1.92. The number of carbonyl (C=O) groups excluding carboxylic acids is 1. The van der Waals surface area contributed by atoms with Crippen molar-refractivity contribution in [3.63, 3.8) is 0 Å². The zero-order valence-corrected chi connectivity index (χ0v) is 13.7. The molecular formula is C19H22N2O2. The molecule has 1 amide bonds.